The first kappa shape index (κ1) is 16.8. The van der Waals surface area contributed by atoms with Crippen LogP contribution in [0.3, 0.4) is 0 Å². The van der Waals surface area contributed by atoms with Crippen molar-refractivity contribution in [3.05, 3.63) is 29.3 Å². The highest BCUT2D eigenvalue weighted by molar-refractivity contribution is 7.30. The van der Waals surface area contributed by atoms with Gasteiger partial charge in [-0.15, -0.1) is 4.52 Å². The topological polar surface area (TPSA) is 75.7 Å². The average molecular weight is 298 g/mol. The lowest BCUT2D eigenvalue weighted by molar-refractivity contribution is -0.191. The standard InChI is InChI=1S/C14H19O5P/c1-9-6-7-11(14(3,4)5)12(8-9)18-13(15)10(2)19-20(16)17/h6-8,10H,1-5H3. The van der Waals surface area contributed by atoms with Gasteiger partial charge >= 0.3 is 14.2 Å². The second kappa shape index (κ2) is 6.44. The fourth-order valence-corrected chi connectivity index (χ4v) is 2.04. The second-order valence-corrected chi connectivity index (χ2v) is 6.30. The van der Waals surface area contributed by atoms with Gasteiger partial charge in [-0.3, -0.25) is 0 Å². The Morgan fingerprint density at radius 2 is 1.95 bits per heavy atom. The summed E-state index contributed by atoms with van der Waals surface area (Å²) in [5, 5.41) is 0. The molecule has 0 aromatic heterocycles. The quantitative estimate of drug-likeness (QED) is 0.485. The highest BCUT2D eigenvalue weighted by atomic mass is 31.1. The first-order valence-electron chi connectivity index (χ1n) is 6.25. The van der Waals surface area contributed by atoms with Gasteiger partial charge in [-0.2, -0.15) is 0 Å². The summed E-state index contributed by atoms with van der Waals surface area (Å²) >= 11 is 0. The molecule has 0 aliphatic carbocycles. The third kappa shape index (κ3) is 4.67. The van der Waals surface area contributed by atoms with E-state index in [0.717, 1.165) is 11.1 Å². The monoisotopic (exact) mass is 298 g/mol. The lowest BCUT2D eigenvalue weighted by Gasteiger charge is -2.22. The molecule has 0 N–H and O–H groups in total. The van der Waals surface area contributed by atoms with E-state index in [1.54, 1.807) is 6.07 Å². The zero-order valence-corrected chi connectivity index (χ0v) is 13.2. The van der Waals surface area contributed by atoms with Crippen molar-refractivity contribution in [1.29, 1.82) is 0 Å². The van der Waals surface area contributed by atoms with Crippen molar-refractivity contribution >= 4 is 14.2 Å². The zero-order chi connectivity index (χ0) is 15.5. The van der Waals surface area contributed by atoms with Crippen LogP contribution in [-0.2, 0) is 19.3 Å². The zero-order valence-electron chi connectivity index (χ0n) is 12.3. The maximum Gasteiger partial charge on any atom is 0.489 e. The van der Waals surface area contributed by atoms with E-state index in [4.69, 9.17) is 4.74 Å². The summed E-state index contributed by atoms with van der Waals surface area (Å²) in [5.74, 6) is -0.306. The third-order valence-corrected chi connectivity index (χ3v) is 3.22. The van der Waals surface area contributed by atoms with Gasteiger partial charge in [0, 0.05) is 5.56 Å². The number of carbonyl (C=O) groups is 1. The predicted octanol–water partition coefficient (Wildman–Crippen LogP) is 2.62. The van der Waals surface area contributed by atoms with Gasteiger partial charge in [-0.1, -0.05) is 32.9 Å². The van der Waals surface area contributed by atoms with Crippen molar-refractivity contribution in [2.24, 2.45) is 0 Å². The van der Waals surface area contributed by atoms with E-state index < -0.39 is 20.3 Å². The van der Waals surface area contributed by atoms with E-state index in [2.05, 4.69) is 4.52 Å². The van der Waals surface area contributed by atoms with Crippen LogP contribution in [-0.4, -0.2) is 12.1 Å². The Balaban J connectivity index is 2.99. The van der Waals surface area contributed by atoms with Gasteiger partial charge in [-0.05, 0) is 35.5 Å². The average Bonchev–Trinajstić information content (AvgIpc) is 2.26. The highest BCUT2D eigenvalue weighted by Gasteiger charge is 2.26. The summed E-state index contributed by atoms with van der Waals surface area (Å²) in [6.07, 6.45) is -1.16. The van der Waals surface area contributed by atoms with Crippen molar-refractivity contribution in [2.45, 2.75) is 46.1 Å². The third-order valence-electron chi connectivity index (χ3n) is 2.73. The van der Waals surface area contributed by atoms with E-state index in [1.807, 2.05) is 39.8 Å². The molecule has 6 heteroatoms. The van der Waals surface area contributed by atoms with Gasteiger partial charge in [0.15, 0.2) is 0 Å². The molecule has 110 valence electrons. The fraction of sp³-hybridized carbons (Fsp3) is 0.500. The van der Waals surface area contributed by atoms with Gasteiger partial charge in [0.25, 0.3) is 0 Å². The van der Waals surface area contributed by atoms with Crippen LogP contribution in [0.15, 0.2) is 18.2 Å². The number of hydrogen-bond donors (Lipinski definition) is 0. The number of carbonyl (C=O) groups excluding carboxylic acids is 1. The minimum atomic E-state index is -3.08. The summed E-state index contributed by atoms with van der Waals surface area (Å²) in [6, 6.07) is 5.59. The van der Waals surface area contributed by atoms with Gasteiger partial charge in [-0.25, -0.2) is 4.79 Å². The number of hydrogen-bond acceptors (Lipinski definition) is 5. The molecule has 0 amide bonds. The first-order chi connectivity index (χ1) is 9.11. The van der Waals surface area contributed by atoms with E-state index in [1.165, 1.54) is 6.92 Å². The minimum Gasteiger partial charge on any atom is -0.566 e. The molecule has 0 fully saturated rings. The van der Waals surface area contributed by atoms with E-state index in [-0.39, 0.29) is 5.41 Å². The van der Waals surface area contributed by atoms with Crippen molar-refractivity contribution < 1.29 is 23.5 Å². The molecule has 0 saturated carbocycles. The molecule has 2 unspecified atom stereocenters. The lowest BCUT2D eigenvalue weighted by Crippen LogP contribution is -2.26. The summed E-state index contributed by atoms with van der Waals surface area (Å²) in [6.45, 7) is 9.23. The van der Waals surface area contributed by atoms with Crippen molar-refractivity contribution in [2.75, 3.05) is 0 Å². The maximum absolute atomic E-state index is 11.8. The van der Waals surface area contributed by atoms with Crippen LogP contribution in [0.25, 0.3) is 0 Å². The first-order valence-corrected chi connectivity index (χ1v) is 7.35. The Bertz CT molecular complexity index is 519. The molecule has 0 radical (unpaired) electrons. The lowest BCUT2D eigenvalue weighted by atomic mass is 9.86. The normalized spacial score (nSPS) is 13.8. The van der Waals surface area contributed by atoms with Crippen molar-refractivity contribution in [3.8, 4) is 5.75 Å². The Morgan fingerprint density at radius 1 is 1.35 bits per heavy atom. The second-order valence-electron chi connectivity index (χ2n) is 5.64. The molecule has 2 atom stereocenters. The van der Waals surface area contributed by atoms with Crippen LogP contribution in [0.1, 0.15) is 38.8 Å². The SMILES string of the molecule is Cc1ccc(C(C)(C)C)c(OC(=O)C(C)O[P+](=O)[O-])c1. The van der Waals surface area contributed by atoms with E-state index >= 15 is 0 Å². The Kier molecular flexibility index (Phi) is 5.40. The van der Waals surface area contributed by atoms with Crippen LogP contribution in [0, 0.1) is 6.92 Å². The molecular formula is C14H19O5P. The summed E-state index contributed by atoms with van der Waals surface area (Å²) in [5.41, 5.74) is 1.62. The van der Waals surface area contributed by atoms with Crippen molar-refractivity contribution in [1.82, 2.24) is 0 Å². The molecule has 1 rings (SSSR count). The summed E-state index contributed by atoms with van der Waals surface area (Å²) in [4.78, 5) is 22.3. The van der Waals surface area contributed by atoms with E-state index in [0.29, 0.717) is 5.75 Å². The van der Waals surface area contributed by atoms with Crippen LogP contribution in [0.5, 0.6) is 5.75 Å². The number of aryl methyl sites for hydroxylation is 1. The minimum absolute atomic E-state index is 0.197. The van der Waals surface area contributed by atoms with Crippen LogP contribution < -0.4 is 9.63 Å². The smallest absolute Gasteiger partial charge is 0.489 e. The summed E-state index contributed by atoms with van der Waals surface area (Å²) in [7, 11) is -3.08. The molecule has 0 aliphatic rings. The molecule has 5 nitrogen and oxygen atoms in total. The molecule has 1 aromatic rings. The van der Waals surface area contributed by atoms with Gasteiger partial charge in [0.2, 0.25) is 6.10 Å². The Hall–Kier alpha value is -1.29. The molecular weight excluding hydrogens is 279 g/mol. The number of ether oxygens (including phenoxy) is 1. The fourth-order valence-electron chi connectivity index (χ4n) is 1.70. The maximum atomic E-state index is 11.8. The number of rotatable bonds is 4. The molecule has 0 heterocycles. The molecule has 1 aromatic carbocycles. The predicted molar refractivity (Wildman–Crippen MR) is 73.7 cm³/mol. The summed E-state index contributed by atoms with van der Waals surface area (Å²) < 4.78 is 20.2. The van der Waals surface area contributed by atoms with Gasteiger partial charge < -0.3 is 9.63 Å². The number of esters is 1. The van der Waals surface area contributed by atoms with Gasteiger partial charge in [0.1, 0.15) is 5.75 Å². The van der Waals surface area contributed by atoms with Crippen LogP contribution in [0.2, 0.25) is 0 Å². The Morgan fingerprint density at radius 3 is 2.45 bits per heavy atom. The molecule has 0 saturated heterocycles. The molecule has 0 bridgehead atoms. The number of benzene rings is 1. The molecule has 0 spiro atoms. The molecule has 20 heavy (non-hydrogen) atoms. The van der Waals surface area contributed by atoms with E-state index in [9.17, 15) is 14.3 Å². The van der Waals surface area contributed by atoms with Gasteiger partial charge in [0.05, 0.1) is 0 Å². The largest absolute Gasteiger partial charge is 0.566 e. The van der Waals surface area contributed by atoms with Crippen molar-refractivity contribution in [3.63, 3.8) is 0 Å². The molecule has 0 aliphatic heterocycles. The van der Waals surface area contributed by atoms with Crippen LogP contribution >= 0.6 is 8.25 Å². The highest BCUT2D eigenvalue weighted by Crippen LogP contribution is 2.32. The Labute approximate surface area is 119 Å². The van der Waals surface area contributed by atoms with Crippen LogP contribution in [0.4, 0.5) is 0 Å².